The monoisotopic (exact) mass is 465 g/mol. The molecule has 0 spiro atoms. The fourth-order valence-electron chi connectivity index (χ4n) is 4.56. The van der Waals surface area contributed by atoms with Gasteiger partial charge in [-0.05, 0) is 54.8 Å². The maximum absolute atomic E-state index is 14.4. The molecular weight excluding hydrogens is 441 g/mol. The van der Waals surface area contributed by atoms with Crippen molar-refractivity contribution in [3.05, 3.63) is 64.3 Å². The number of fused-ring (bicyclic) bond motifs is 2. The zero-order valence-electron chi connectivity index (χ0n) is 18.9. The topological polar surface area (TPSA) is 56.6 Å². The van der Waals surface area contributed by atoms with Gasteiger partial charge in [-0.2, -0.15) is 5.10 Å². The van der Waals surface area contributed by atoms with Crippen LogP contribution >= 0.6 is 11.3 Å². The number of nitrogens with zero attached hydrogens (tertiary/aromatic N) is 3. The maximum atomic E-state index is 14.4. The standard InChI is InChI=1S/C25H24FN3O3S/c1-14-17-12-21(32-4)20(31-3)11-15(17)9-10-29(14)24(30)22-13-18-23(27-28(2)25(18)33-22)16-7-5-6-8-19(16)26/h5-8,11-14H,9-10H2,1-4H3/t14-/m0/s1. The van der Waals surface area contributed by atoms with Crippen LogP contribution in [0.1, 0.15) is 33.8 Å². The molecule has 0 aliphatic carbocycles. The second-order valence-corrected chi connectivity index (χ2v) is 9.14. The van der Waals surface area contributed by atoms with Crippen LogP contribution < -0.4 is 9.47 Å². The molecule has 0 saturated carbocycles. The Balaban J connectivity index is 1.51. The second kappa shape index (κ2) is 8.19. The normalized spacial score (nSPS) is 15.5. The van der Waals surface area contributed by atoms with Gasteiger partial charge in [-0.15, -0.1) is 11.3 Å². The smallest absolute Gasteiger partial charge is 0.264 e. The minimum absolute atomic E-state index is 0.0383. The number of rotatable bonds is 4. The molecule has 1 aliphatic heterocycles. The van der Waals surface area contributed by atoms with Crippen LogP contribution in [0.25, 0.3) is 21.5 Å². The molecule has 2 aromatic carbocycles. The number of halogens is 1. The van der Waals surface area contributed by atoms with Crippen LogP contribution in [-0.2, 0) is 13.5 Å². The van der Waals surface area contributed by atoms with Gasteiger partial charge in [-0.3, -0.25) is 9.48 Å². The van der Waals surface area contributed by atoms with Crippen molar-refractivity contribution in [1.82, 2.24) is 14.7 Å². The van der Waals surface area contributed by atoms with E-state index in [0.29, 0.717) is 34.2 Å². The van der Waals surface area contributed by atoms with Gasteiger partial charge in [-0.25, -0.2) is 4.39 Å². The summed E-state index contributed by atoms with van der Waals surface area (Å²) >= 11 is 1.39. The van der Waals surface area contributed by atoms with Gasteiger partial charge in [0, 0.05) is 24.5 Å². The molecule has 1 atom stereocenters. The van der Waals surface area contributed by atoms with E-state index in [2.05, 4.69) is 5.10 Å². The van der Waals surface area contributed by atoms with E-state index >= 15 is 0 Å². The number of amides is 1. The lowest BCUT2D eigenvalue weighted by Crippen LogP contribution is -2.38. The molecule has 33 heavy (non-hydrogen) atoms. The summed E-state index contributed by atoms with van der Waals surface area (Å²) in [5.41, 5.74) is 3.20. The van der Waals surface area contributed by atoms with E-state index in [-0.39, 0.29) is 17.8 Å². The fraction of sp³-hybridized carbons (Fsp3) is 0.280. The number of carbonyl (C=O) groups is 1. The summed E-state index contributed by atoms with van der Waals surface area (Å²) in [6.07, 6.45) is 0.735. The fourth-order valence-corrected chi connectivity index (χ4v) is 5.59. The first-order valence-electron chi connectivity index (χ1n) is 10.7. The predicted molar refractivity (Wildman–Crippen MR) is 127 cm³/mol. The lowest BCUT2D eigenvalue weighted by Gasteiger charge is -2.35. The Hall–Kier alpha value is -3.39. The first-order valence-corrected chi connectivity index (χ1v) is 11.5. The molecule has 0 unspecified atom stereocenters. The van der Waals surface area contributed by atoms with E-state index < -0.39 is 0 Å². The van der Waals surface area contributed by atoms with Crippen molar-refractivity contribution in [3.8, 4) is 22.8 Å². The Labute approximate surface area is 195 Å². The molecular formula is C25H24FN3O3S. The number of benzene rings is 2. The number of hydrogen-bond donors (Lipinski definition) is 0. The molecule has 0 saturated heterocycles. The van der Waals surface area contributed by atoms with Crippen molar-refractivity contribution in [2.24, 2.45) is 7.05 Å². The molecule has 4 aromatic rings. The van der Waals surface area contributed by atoms with Gasteiger partial charge in [0.2, 0.25) is 0 Å². The van der Waals surface area contributed by atoms with E-state index in [4.69, 9.17) is 9.47 Å². The number of carbonyl (C=O) groups excluding carboxylic acids is 1. The summed E-state index contributed by atoms with van der Waals surface area (Å²) in [5.74, 6) is 0.978. The predicted octanol–water partition coefficient (Wildman–Crippen LogP) is 5.22. The third-order valence-corrected chi connectivity index (χ3v) is 7.49. The number of hydrogen-bond acceptors (Lipinski definition) is 5. The van der Waals surface area contributed by atoms with Crippen LogP contribution in [0.5, 0.6) is 11.5 Å². The van der Waals surface area contributed by atoms with E-state index in [1.54, 1.807) is 37.1 Å². The molecule has 0 bridgehead atoms. The Morgan fingerprint density at radius 1 is 1.15 bits per heavy atom. The molecule has 1 amide bonds. The van der Waals surface area contributed by atoms with Crippen LogP contribution in [0.4, 0.5) is 4.39 Å². The molecule has 1 aliphatic rings. The SMILES string of the molecule is COc1cc2c(cc1OC)[C@H](C)N(C(=O)c1cc3c(-c4ccccc4F)nn(C)c3s1)CC2. The minimum atomic E-state index is -0.331. The molecule has 3 heterocycles. The Kier molecular flexibility index (Phi) is 5.32. The highest BCUT2D eigenvalue weighted by Crippen LogP contribution is 2.40. The van der Waals surface area contributed by atoms with Crippen LogP contribution in [0, 0.1) is 5.82 Å². The Morgan fingerprint density at radius 3 is 2.61 bits per heavy atom. The Bertz CT molecular complexity index is 1380. The van der Waals surface area contributed by atoms with Gasteiger partial charge < -0.3 is 14.4 Å². The van der Waals surface area contributed by atoms with Crippen LogP contribution in [0.2, 0.25) is 0 Å². The van der Waals surface area contributed by atoms with Crippen molar-refractivity contribution < 1.29 is 18.7 Å². The van der Waals surface area contributed by atoms with Crippen molar-refractivity contribution in [2.75, 3.05) is 20.8 Å². The molecule has 0 radical (unpaired) electrons. The first kappa shape index (κ1) is 21.5. The summed E-state index contributed by atoms with van der Waals surface area (Å²) in [4.78, 5) is 16.9. The Morgan fingerprint density at radius 2 is 1.88 bits per heavy atom. The quantitative estimate of drug-likeness (QED) is 0.415. The molecule has 6 nitrogen and oxygen atoms in total. The number of methoxy groups -OCH3 is 2. The number of aromatic nitrogens is 2. The maximum Gasteiger partial charge on any atom is 0.264 e. The number of aryl methyl sites for hydroxylation is 1. The molecule has 2 aromatic heterocycles. The van der Waals surface area contributed by atoms with Crippen molar-refractivity contribution >= 4 is 27.5 Å². The summed E-state index contributed by atoms with van der Waals surface area (Å²) in [6.45, 7) is 2.64. The minimum Gasteiger partial charge on any atom is -0.493 e. The van der Waals surface area contributed by atoms with Crippen molar-refractivity contribution in [2.45, 2.75) is 19.4 Å². The van der Waals surface area contributed by atoms with Crippen molar-refractivity contribution in [1.29, 1.82) is 0 Å². The van der Waals surface area contributed by atoms with E-state index in [1.807, 2.05) is 37.1 Å². The zero-order valence-corrected chi connectivity index (χ0v) is 19.7. The number of thiophene rings is 1. The molecule has 5 rings (SSSR count). The average molecular weight is 466 g/mol. The van der Waals surface area contributed by atoms with Crippen LogP contribution in [0.3, 0.4) is 0 Å². The average Bonchev–Trinajstić information content (AvgIpc) is 3.39. The van der Waals surface area contributed by atoms with Gasteiger partial charge in [-0.1, -0.05) is 12.1 Å². The van der Waals surface area contributed by atoms with Crippen LogP contribution in [-0.4, -0.2) is 41.4 Å². The summed E-state index contributed by atoms with van der Waals surface area (Å²) in [5, 5.41) is 5.29. The summed E-state index contributed by atoms with van der Waals surface area (Å²) in [7, 11) is 5.05. The van der Waals surface area contributed by atoms with Gasteiger partial charge in [0.1, 0.15) is 16.3 Å². The van der Waals surface area contributed by atoms with E-state index in [9.17, 15) is 9.18 Å². The highest BCUT2D eigenvalue weighted by molar-refractivity contribution is 7.20. The van der Waals surface area contributed by atoms with Gasteiger partial charge in [0.25, 0.3) is 5.91 Å². The van der Waals surface area contributed by atoms with Crippen molar-refractivity contribution in [3.63, 3.8) is 0 Å². The highest BCUT2D eigenvalue weighted by Gasteiger charge is 2.31. The molecule has 8 heteroatoms. The van der Waals surface area contributed by atoms with Gasteiger partial charge >= 0.3 is 0 Å². The summed E-state index contributed by atoms with van der Waals surface area (Å²) in [6, 6.07) is 12.3. The third-order valence-electron chi connectivity index (χ3n) is 6.30. The lowest BCUT2D eigenvalue weighted by atomic mass is 9.92. The third kappa shape index (κ3) is 3.45. The largest absolute Gasteiger partial charge is 0.493 e. The van der Waals surface area contributed by atoms with Crippen LogP contribution in [0.15, 0.2) is 42.5 Å². The molecule has 0 N–H and O–H groups in total. The highest BCUT2D eigenvalue weighted by atomic mass is 32.1. The zero-order chi connectivity index (χ0) is 23.3. The van der Waals surface area contributed by atoms with Gasteiger partial charge in [0.15, 0.2) is 11.5 Å². The number of ether oxygens (including phenoxy) is 2. The molecule has 0 fully saturated rings. The van der Waals surface area contributed by atoms with Gasteiger partial charge in [0.05, 0.1) is 25.1 Å². The molecule has 170 valence electrons. The van der Waals surface area contributed by atoms with E-state index in [0.717, 1.165) is 27.8 Å². The summed E-state index contributed by atoms with van der Waals surface area (Å²) < 4.78 is 27.1. The second-order valence-electron chi connectivity index (χ2n) is 8.11. The first-order chi connectivity index (χ1) is 15.9. The lowest BCUT2D eigenvalue weighted by molar-refractivity contribution is 0.0682. The van der Waals surface area contributed by atoms with E-state index in [1.165, 1.54) is 17.4 Å².